The fraction of sp³-hybridized carbons (Fsp3) is 0.886. The second-order valence-corrected chi connectivity index (χ2v) is 26.3. The number of esters is 2. The van der Waals surface area contributed by atoms with E-state index in [4.69, 9.17) is 18.5 Å². The van der Waals surface area contributed by atoms with Crippen molar-refractivity contribution in [3.05, 3.63) is 36.5 Å². The summed E-state index contributed by atoms with van der Waals surface area (Å²) < 4.78 is 34.3. The summed E-state index contributed by atoms with van der Waals surface area (Å²) in [7, 11) is 1.17. The number of likely N-dealkylation sites (N-methyl/N-ethyl adjacent to an activating group) is 1. The molecule has 9 nitrogen and oxygen atoms in total. The first kappa shape index (κ1) is 78.2. The molecule has 0 spiro atoms. The number of carbonyl (C=O) groups is 2. The Morgan fingerprint density at radius 2 is 0.675 bits per heavy atom. The van der Waals surface area contributed by atoms with E-state index in [1.165, 1.54) is 257 Å². The van der Waals surface area contributed by atoms with E-state index in [1.54, 1.807) is 0 Å². The van der Waals surface area contributed by atoms with Crippen molar-refractivity contribution in [3.63, 3.8) is 0 Å². The number of unbranched alkanes of at least 4 members (excludes halogenated alkanes) is 45. The van der Waals surface area contributed by atoms with Gasteiger partial charge in [-0.1, -0.05) is 320 Å². The Bertz CT molecular complexity index is 1440. The predicted molar refractivity (Wildman–Crippen MR) is 342 cm³/mol. The second kappa shape index (κ2) is 61.8. The molecule has 10 heteroatoms. The lowest BCUT2D eigenvalue weighted by Crippen LogP contribution is -2.37. The molecule has 0 aromatic rings. The Morgan fingerprint density at radius 1 is 0.388 bits per heavy atom. The van der Waals surface area contributed by atoms with Crippen molar-refractivity contribution < 1.29 is 42.1 Å². The van der Waals surface area contributed by atoms with E-state index in [9.17, 15) is 19.0 Å². The van der Waals surface area contributed by atoms with Crippen LogP contribution in [0.25, 0.3) is 0 Å². The average Bonchev–Trinajstić information content (AvgIpc) is 3.42. The molecule has 0 rings (SSSR count). The third kappa shape index (κ3) is 65.4. The molecule has 0 saturated heterocycles. The molecule has 0 fully saturated rings. The number of phosphoric ester groups is 1. The molecule has 2 unspecified atom stereocenters. The molecule has 0 radical (unpaired) electrons. The maximum Gasteiger partial charge on any atom is 0.306 e. The molecule has 0 aliphatic carbocycles. The minimum atomic E-state index is -4.64. The van der Waals surface area contributed by atoms with Crippen molar-refractivity contribution in [3.8, 4) is 0 Å². The van der Waals surface area contributed by atoms with Crippen molar-refractivity contribution >= 4 is 19.8 Å². The van der Waals surface area contributed by atoms with Gasteiger partial charge in [0.05, 0.1) is 27.7 Å². The lowest BCUT2D eigenvalue weighted by molar-refractivity contribution is -0.870. The van der Waals surface area contributed by atoms with Gasteiger partial charge < -0.3 is 27.9 Å². The molecule has 0 amide bonds. The molecule has 2 atom stereocenters. The van der Waals surface area contributed by atoms with Crippen LogP contribution in [0.3, 0.4) is 0 Å². The van der Waals surface area contributed by atoms with Gasteiger partial charge >= 0.3 is 11.9 Å². The van der Waals surface area contributed by atoms with Crippen LogP contribution in [-0.2, 0) is 32.7 Å². The SMILES string of the molecule is CCCCCCC/C=C\C/C=C\C/C=C\CCCCCCCCCCC(=O)OC(COC(=O)CCCCCCCCCCCCCCCCCCCCCCCCCCCCCCCCCCC)COP(=O)([O-])OCC[N+](C)(C)C. The third-order valence-corrected chi connectivity index (χ3v) is 16.6. The van der Waals surface area contributed by atoms with Crippen LogP contribution in [0, 0.1) is 0 Å². The summed E-state index contributed by atoms with van der Waals surface area (Å²) in [6.45, 7) is 4.28. The van der Waals surface area contributed by atoms with E-state index in [1.807, 2.05) is 21.1 Å². The zero-order chi connectivity index (χ0) is 58.4. The molecule has 0 aromatic heterocycles. The third-order valence-electron chi connectivity index (χ3n) is 15.7. The first-order valence-corrected chi connectivity index (χ1v) is 36.2. The Kier molecular flexibility index (Phi) is 60.4. The van der Waals surface area contributed by atoms with Crippen molar-refractivity contribution in [1.82, 2.24) is 0 Å². The molecule has 0 bridgehead atoms. The first-order valence-electron chi connectivity index (χ1n) is 34.7. The highest BCUT2D eigenvalue weighted by molar-refractivity contribution is 7.45. The molecular formula is C70H134NO8P. The molecule has 0 heterocycles. The number of hydrogen-bond acceptors (Lipinski definition) is 8. The summed E-state index contributed by atoms with van der Waals surface area (Å²) in [5, 5.41) is 0. The van der Waals surface area contributed by atoms with E-state index in [2.05, 4.69) is 50.3 Å². The smallest absolute Gasteiger partial charge is 0.306 e. The minimum absolute atomic E-state index is 0.0310. The van der Waals surface area contributed by atoms with Crippen molar-refractivity contribution in [2.24, 2.45) is 0 Å². The van der Waals surface area contributed by atoms with Gasteiger partial charge in [0.15, 0.2) is 6.10 Å². The fourth-order valence-corrected chi connectivity index (χ4v) is 11.0. The molecule has 0 N–H and O–H groups in total. The van der Waals surface area contributed by atoms with Crippen LogP contribution >= 0.6 is 7.82 Å². The highest BCUT2D eigenvalue weighted by atomic mass is 31.2. The van der Waals surface area contributed by atoms with Gasteiger partial charge in [-0.3, -0.25) is 14.2 Å². The Labute approximate surface area is 497 Å². The molecule has 0 aromatic carbocycles. The Morgan fingerprint density at radius 3 is 1.00 bits per heavy atom. The number of quaternary nitrogens is 1. The summed E-state index contributed by atoms with van der Waals surface area (Å²) in [4.78, 5) is 38.0. The lowest BCUT2D eigenvalue weighted by atomic mass is 10.0. The average molecular weight is 1150 g/mol. The lowest BCUT2D eigenvalue weighted by Gasteiger charge is -2.28. The van der Waals surface area contributed by atoms with E-state index in [-0.39, 0.29) is 32.0 Å². The number of carbonyl (C=O) groups excluding carboxylic acids is 2. The number of ether oxygens (including phenoxy) is 2. The molecule has 80 heavy (non-hydrogen) atoms. The van der Waals surface area contributed by atoms with Gasteiger partial charge in [0.25, 0.3) is 7.82 Å². The molecule has 0 saturated carbocycles. The molecule has 472 valence electrons. The summed E-state index contributed by atoms with van der Waals surface area (Å²) in [5.74, 6) is -0.824. The maximum atomic E-state index is 12.8. The number of hydrogen-bond donors (Lipinski definition) is 0. The predicted octanol–water partition coefficient (Wildman–Crippen LogP) is 21.6. The molecular weight excluding hydrogens is 1010 g/mol. The number of allylic oxidation sites excluding steroid dienone is 6. The quantitative estimate of drug-likeness (QED) is 0.0195. The minimum Gasteiger partial charge on any atom is -0.756 e. The van der Waals surface area contributed by atoms with E-state index >= 15 is 0 Å². The summed E-state index contributed by atoms with van der Waals surface area (Å²) in [6, 6.07) is 0. The largest absolute Gasteiger partial charge is 0.756 e. The van der Waals surface area contributed by atoms with E-state index < -0.39 is 26.5 Å². The van der Waals surface area contributed by atoms with Gasteiger partial charge in [-0.25, -0.2) is 0 Å². The summed E-state index contributed by atoms with van der Waals surface area (Å²) in [6.07, 6.45) is 78.0. The molecule has 0 aliphatic heterocycles. The highest BCUT2D eigenvalue weighted by Crippen LogP contribution is 2.38. The highest BCUT2D eigenvalue weighted by Gasteiger charge is 2.22. The van der Waals surface area contributed by atoms with Gasteiger partial charge in [-0.05, 0) is 51.4 Å². The second-order valence-electron chi connectivity index (χ2n) is 24.9. The van der Waals surface area contributed by atoms with Gasteiger partial charge in [0.2, 0.25) is 0 Å². The monoisotopic (exact) mass is 1150 g/mol. The van der Waals surface area contributed by atoms with Crippen molar-refractivity contribution in [2.45, 2.75) is 354 Å². The fourth-order valence-electron chi connectivity index (χ4n) is 10.3. The van der Waals surface area contributed by atoms with Gasteiger partial charge in [-0.15, -0.1) is 0 Å². The maximum absolute atomic E-state index is 12.8. The van der Waals surface area contributed by atoms with Crippen LogP contribution in [0.4, 0.5) is 0 Å². The molecule has 0 aliphatic rings. The Hall–Kier alpha value is -1.77. The first-order chi connectivity index (χ1) is 39.0. The zero-order valence-electron chi connectivity index (χ0n) is 53.8. The number of rotatable bonds is 65. The van der Waals surface area contributed by atoms with Gasteiger partial charge in [0.1, 0.15) is 19.8 Å². The zero-order valence-corrected chi connectivity index (χ0v) is 54.7. The van der Waals surface area contributed by atoms with Crippen LogP contribution in [0.2, 0.25) is 0 Å². The topological polar surface area (TPSA) is 111 Å². The number of nitrogens with zero attached hydrogens (tertiary/aromatic N) is 1. The van der Waals surface area contributed by atoms with Gasteiger partial charge in [-0.2, -0.15) is 0 Å². The van der Waals surface area contributed by atoms with Crippen LogP contribution in [0.1, 0.15) is 348 Å². The van der Waals surface area contributed by atoms with E-state index in [0.29, 0.717) is 17.4 Å². The van der Waals surface area contributed by atoms with Crippen LogP contribution in [0.5, 0.6) is 0 Å². The van der Waals surface area contributed by atoms with Crippen LogP contribution < -0.4 is 4.89 Å². The standard InChI is InChI=1S/C70H134NO8P/c1-6-8-10-12-14-16-18-20-22-24-26-28-30-31-32-33-34-35-36-37-38-39-41-42-44-46-48-50-52-54-56-58-60-62-69(72)76-66-68(67-78-80(74,75)77-65-64-71(3,4)5)79-70(73)63-61-59-57-55-53-51-49-47-45-43-40-29-27-25-23-21-19-17-15-13-11-9-7-2/h19,21,25,27,40,43,68H,6-18,20,22-24,26,28-39,41-42,44-67H2,1-5H3/b21-19-,27-25-,43-40-. The normalized spacial score (nSPS) is 13.3. The van der Waals surface area contributed by atoms with Crippen LogP contribution in [0.15, 0.2) is 36.5 Å². The van der Waals surface area contributed by atoms with Gasteiger partial charge in [0, 0.05) is 12.8 Å². The summed E-state index contributed by atoms with van der Waals surface area (Å²) in [5.41, 5.74) is 0. The van der Waals surface area contributed by atoms with Crippen LogP contribution in [-0.4, -0.2) is 70.0 Å². The van der Waals surface area contributed by atoms with Crippen molar-refractivity contribution in [2.75, 3.05) is 47.5 Å². The van der Waals surface area contributed by atoms with E-state index in [0.717, 1.165) is 57.8 Å². The van der Waals surface area contributed by atoms with Crippen molar-refractivity contribution in [1.29, 1.82) is 0 Å². The summed E-state index contributed by atoms with van der Waals surface area (Å²) >= 11 is 0. The number of phosphoric acid groups is 1. The Balaban J connectivity index is 3.99.